The van der Waals surface area contributed by atoms with E-state index < -0.39 is 22.8 Å². The number of rotatable bonds is 63. The van der Waals surface area contributed by atoms with E-state index in [-0.39, 0.29) is 67.3 Å². The van der Waals surface area contributed by atoms with E-state index in [1.807, 2.05) is 34.8 Å². The molecule has 12 rings (SSSR count). The van der Waals surface area contributed by atoms with Crippen LogP contribution in [0.2, 0.25) is 0 Å². The zero-order chi connectivity index (χ0) is 99.2. The highest BCUT2D eigenvalue weighted by molar-refractivity contribution is 7.31. The van der Waals surface area contributed by atoms with Crippen LogP contribution in [0.4, 0.5) is 11.4 Å². The molecule has 0 fully saturated rings. The molecular formula is C120H146N8O6S6. The molecule has 8 aromatic rings. The molecule has 0 saturated carbocycles. The van der Waals surface area contributed by atoms with Gasteiger partial charge in [-0.05, 0) is 148 Å². The van der Waals surface area contributed by atoms with E-state index in [2.05, 4.69) is 123 Å². The Morgan fingerprint density at radius 1 is 0.357 bits per heavy atom. The lowest BCUT2D eigenvalue weighted by atomic mass is 9.81. The van der Waals surface area contributed by atoms with Crippen LogP contribution in [0, 0.1) is 83.4 Å². The zero-order valence-electron chi connectivity index (χ0n) is 84.7. The third-order valence-electron chi connectivity index (χ3n) is 29.1. The Bertz CT molecular complexity index is 5580. The Kier molecular flexibility index (Phi) is 43.7. The van der Waals surface area contributed by atoms with Gasteiger partial charge in [-0.2, -0.15) is 10.5 Å². The van der Waals surface area contributed by atoms with Gasteiger partial charge in [0.15, 0.2) is 11.6 Å². The number of nitriles is 4. The molecule has 0 saturated heterocycles. The summed E-state index contributed by atoms with van der Waals surface area (Å²) in [4.78, 5) is 56.7. The first-order valence-corrected chi connectivity index (χ1v) is 58.4. The number of nitrogens with zero attached hydrogens (tertiary/aromatic N) is 8. The number of benzene rings is 2. The van der Waals surface area contributed by atoms with Gasteiger partial charge in [0.2, 0.25) is 11.4 Å². The Labute approximate surface area is 861 Å². The van der Waals surface area contributed by atoms with Gasteiger partial charge in [-0.3, -0.25) is 9.59 Å². The second-order valence-electron chi connectivity index (χ2n) is 39.3. The summed E-state index contributed by atoms with van der Waals surface area (Å²) in [5.74, 6) is 2.83. The van der Waals surface area contributed by atoms with Crippen LogP contribution >= 0.6 is 68.0 Å². The number of hydrogen-bond acceptors (Lipinski definition) is 16. The lowest BCUT2D eigenvalue weighted by molar-refractivity contribution is 0.0395. The summed E-state index contributed by atoms with van der Waals surface area (Å²) in [5.41, 5.74) is 2.41. The van der Waals surface area contributed by atoms with Crippen LogP contribution in [0.3, 0.4) is 0 Å². The van der Waals surface area contributed by atoms with Crippen LogP contribution in [0.5, 0.6) is 23.0 Å². The Balaban J connectivity index is 1.04. The number of thiophene rings is 6. The van der Waals surface area contributed by atoms with Crippen molar-refractivity contribution in [3.8, 4) is 96.0 Å². The summed E-state index contributed by atoms with van der Waals surface area (Å²) in [7, 11) is 0. The molecule has 0 radical (unpaired) electrons. The molecule has 0 spiro atoms. The molecule has 4 aliphatic rings. The van der Waals surface area contributed by atoms with Crippen molar-refractivity contribution in [3.63, 3.8) is 0 Å². The highest BCUT2D eigenvalue weighted by atomic mass is 32.1. The van der Waals surface area contributed by atoms with Crippen LogP contribution in [0.1, 0.15) is 453 Å². The van der Waals surface area contributed by atoms with Gasteiger partial charge < -0.3 is 18.9 Å². The van der Waals surface area contributed by atoms with Gasteiger partial charge >= 0.3 is 0 Å². The number of fused-ring (bicyclic) bond motifs is 8. The number of hydrogen-bond donors (Lipinski definition) is 0. The van der Waals surface area contributed by atoms with E-state index in [1.54, 1.807) is 34.8 Å². The van der Waals surface area contributed by atoms with Crippen LogP contribution < -0.4 is 18.9 Å². The smallest absolute Gasteiger partial charge is 0.270 e. The highest BCUT2D eigenvalue weighted by Gasteiger charge is 2.47. The molecule has 14 nitrogen and oxygen atoms in total. The normalized spacial score (nSPS) is 15.2. The molecule has 2 aliphatic heterocycles. The number of ether oxygens (including phenoxy) is 4. The molecule has 0 bridgehead atoms. The molecule has 738 valence electrons. The van der Waals surface area contributed by atoms with E-state index in [9.17, 15) is 30.6 Å². The molecule has 2 aromatic carbocycles. The van der Waals surface area contributed by atoms with Crippen LogP contribution in [-0.4, -0.2) is 24.8 Å². The largest absolute Gasteiger partial charge is 0.492 e. The first-order valence-electron chi connectivity index (χ1n) is 53.5. The molecule has 6 aromatic heterocycles. The number of ketones is 2. The molecule has 2 unspecified atom stereocenters. The molecule has 2 atom stereocenters. The maximum atomic E-state index is 15.0. The van der Waals surface area contributed by atoms with Gasteiger partial charge in [0, 0.05) is 76.2 Å². The molecule has 8 heterocycles. The van der Waals surface area contributed by atoms with Crippen LogP contribution in [0.25, 0.3) is 91.4 Å². The van der Waals surface area contributed by atoms with Gasteiger partial charge in [0.05, 0.1) is 114 Å². The predicted octanol–water partition coefficient (Wildman–Crippen LogP) is 39.7. The van der Waals surface area contributed by atoms with Gasteiger partial charge in [0.25, 0.3) is 11.4 Å². The molecule has 2 aliphatic carbocycles. The van der Waals surface area contributed by atoms with Crippen molar-refractivity contribution in [1.82, 2.24) is 0 Å². The molecule has 0 amide bonds. The van der Waals surface area contributed by atoms with Crippen molar-refractivity contribution in [2.45, 2.75) is 400 Å². The van der Waals surface area contributed by atoms with Crippen LogP contribution in [0.15, 0.2) is 83.2 Å². The fraction of sp³-hybridized carbons (Fsp3) is 0.550. The van der Waals surface area contributed by atoms with Crippen molar-refractivity contribution < 1.29 is 28.5 Å². The second-order valence-corrected chi connectivity index (χ2v) is 45.7. The minimum atomic E-state index is -0.661. The molecule has 140 heavy (non-hydrogen) atoms. The van der Waals surface area contributed by atoms with Crippen molar-refractivity contribution >= 4 is 114 Å². The van der Waals surface area contributed by atoms with Crippen molar-refractivity contribution in [3.05, 3.63) is 183 Å². The Morgan fingerprint density at radius 3 is 0.964 bits per heavy atom. The summed E-state index contributed by atoms with van der Waals surface area (Å²) in [5, 5.41) is 41.7. The molecule has 20 heteroatoms. The van der Waals surface area contributed by atoms with Gasteiger partial charge in [0.1, 0.15) is 34.2 Å². The van der Waals surface area contributed by atoms with Gasteiger partial charge in [-0.25, -0.2) is 29.9 Å². The predicted molar refractivity (Wildman–Crippen MR) is 587 cm³/mol. The van der Waals surface area contributed by atoms with E-state index in [1.165, 1.54) is 283 Å². The standard InChI is InChI=1S/C120H146N8O6S6/c1-13-21-27-31-35-39-43-47-51-55-61-119(62-56-52-48-44-40-36-32-28-22-14-2)95-73-105(137-113(95)117-103(133-119)75-107(139-117)115-101(131-81-83(19-7)59-25-17-5)69-87(135-115)67-93-109(99(79-123)127-11)89-65-85(77-121)98(126-10)72-92(89)112(93)130)106-74-96-114(138-106)118-104(134-120(96,63-57-53-49-45-41-37-33-29-23-15-3)64-58-54-50-46-42-38-34-30-24-16-4)76-108(140-118)116-102(132-82-84(20-8)60-26-18-6)70-88(136-116)68-94-110(100(80-124)128-12)90-71-97(125-9)86(78-122)66-91(90)111(94)129/h65-76,83-84H,13-64,81-82H2,1-8H3/b93-67-,94-68-,109-99-,110-100+. The first kappa shape index (κ1) is 109. The third-order valence-corrected chi connectivity index (χ3v) is 36.6. The Morgan fingerprint density at radius 2 is 0.657 bits per heavy atom. The lowest BCUT2D eigenvalue weighted by Gasteiger charge is -2.38. The summed E-state index contributed by atoms with van der Waals surface area (Å²) < 4.78 is 30.6. The van der Waals surface area contributed by atoms with E-state index in [4.69, 9.17) is 45.2 Å². The van der Waals surface area contributed by atoms with Crippen molar-refractivity contribution in [1.29, 1.82) is 21.0 Å². The number of unbranched alkanes of at least 4 members (excludes halogenated alkanes) is 38. The molecular weight excluding hydrogens is 1840 g/mol. The fourth-order valence-electron chi connectivity index (χ4n) is 20.8. The first-order chi connectivity index (χ1) is 68.5. The summed E-state index contributed by atoms with van der Waals surface area (Å²) >= 11 is 10.3. The zero-order valence-corrected chi connectivity index (χ0v) is 89.6. The SMILES string of the molecule is [C-]#[N+]/C(C#N)=C1\C(=C\c2cc(OCC(CC)CCCC)c(-c3cc4c(s3)-c3sc(-c5cc6c(s5)-c5sc(-c7sc(/C=C8\C(=O)c9cc(C#N)c([N+]#[C-])cc9\C8=C(\C#N)[N+]#[C-])cc7OCC(CC)CCCC)cc5OC6(CCCCCCCCCCCC)CCCCCCCCCCCC)cc3C(CCCCCCCCCCCC)(CCCCCCCCCCCC)O4)s2)C(=O)c2cc([N+]#[C-])c(C#N)cc21. The molecule has 0 N–H and O–H groups in total. The monoisotopic (exact) mass is 1990 g/mol. The highest BCUT2D eigenvalue weighted by Crippen LogP contribution is 2.64. The minimum absolute atomic E-state index is 0.0313. The topological polar surface area (TPSA) is 184 Å². The average molecular weight is 1990 g/mol. The quantitative estimate of drug-likeness (QED) is 0.0154. The number of allylic oxidation sites excluding steroid dienone is 6. The van der Waals surface area contributed by atoms with Crippen LogP contribution in [-0.2, 0) is 11.2 Å². The third kappa shape index (κ3) is 27.5. The van der Waals surface area contributed by atoms with Gasteiger partial charge in [-0.15, -0.1) is 68.0 Å². The number of Topliss-reactive ketones (excluding diaryl/α,β-unsaturated/α-hetero) is 2. The second kappa shape index (κ2) is 56.2. The average Bonchev–Trinajstić information content (AvgIpc) is 1.56. The maximum Gasteiger partial charge on any atom is 0.270 e. The summed E-state index contributed by atoms with van der Waals surface area (Å²) in [6.45, 7) is 51.5. The Hall–Kier alpha value is -9.94. The van der Waals surface area contributed by atoms with E-state index >= 15 is 0 Å². The summed E-state index contributed by atoms with van der Waals surface area (Å²) in [6.07, 6.45) is 64.0. The fourth-order valence-corrected chi connectivity index (χ4v) is 28.1. The van der Waals surface area contributed by atoms with E-state index in [0.29, 0.717) is 57.4 Å². The maximum absolute atomic E-state index is 15.0. The van der Waals surface area contributed by atoms with E-state index in [0.717, 1.165) is 169 Å². The van der Waals surface area contributed by atoms with Crippen molar-refractivity contribution in [2.24, 2.45) is 11.8 Å². The summed E-state index contributed by atoms with van der Waals surface area (Å²) in [6, 6.07) is 27.8. The lowest BCUT2D eigenvalue weighted by Crippen LogP contribution is -2.35. The van der Waals surface area contributed by atoms with Gasteiger partial charge in [-0.1, -0.05) is 325 Å². The minimum Gasteiger partial charge on any atom is -0.492 e. The number of carbonyl (C=O) groups excluding carboxylic acids is 2. The van der Waals surface area contributed by atoms with Crippen molar-refractivity contribution in [2.75, 3.05) is 13.2 Å². The number of carbonyl (C=O) groups is 2.